The average Bonchev–Trinajstić information content (AvgIpc) is 2.77. The lowest BCUT2D eigenvalue weighted by Crippen LogP contribution is -2.32. The monoisotopic (exact) mass is 233 g/mol. The predicted octanol–water partition coefficient (Wildman–Crippen LogP) is 1.76. The summed E-state index contributed by atoms with van der Waals surface area (Å²) >= 11 is 0. The molecule has 1 atom stereocenters. The van der Waals surface area contributed by atoms with Crippen molar-refractivity contribution in [2.24, 2.45) is 5.92 Å². The van der Waals surface area contributed by atoms with Gasteiger partial charge in [0.25, 0.3) is 0 Å². The molecule has 1 aromatic heterocycles. The minimum atomic E-state index is 0.0842. The van der Waals surface area contributed by atoms with Gasteiger partial charge in [0.15, 0.2) is 0 Å². The molecule has 92 valence electrons. The Balaban J connectivity index is 2.05. The highest BCUT2D eigenvalue weighted by molar-refractivity contribution is 5.78. The van der Waals surface area contributed by atoms with Crippen LogP contribution >= 0.6 is 0 Å². The molecule has 1 aliphatic rings. The molecule has 2 heterocycles. The highest BCUT2D eigenvalue weighted by Crippen LogP contribution is 2.26. The molecule has 0 aliphatic carbocycles. The van der Waals surface area contributed by atoms with Crippen LogP contribution in [0, 0.1) is 12.8 Å². The first-order valence-electron chi connectivity index (χ1n) is 6.16. The summed E-state index contributed by atoms with van der Waals surface area (Å²) in [5.41, 5.74) is 1.07. The first-order chi connectivity index (χ1) is 8.08. The number of aromatic nitrogens is 2. The molecule has 17 heavy (non-hydrogen) atoms. The number of amides is 1. The van der Waals surface area contributed by atoms with Crippen LogP contribution in [0.2, 0.25) is 0 Å². The summed E-state index contributed by atoms with van der Waals surface area (Å²) in [5.74, 6) is 1.51. The summed E-state index contributed by atoms with van der Waals surface area (Å²) in [6.07, 6.45) is 2.81. The second-order valence-electron chi connectivity index (χ2n) is 4.95. The quantitative estimate of drug-likeness (QED) is 0.782. The molecule has 1 amide bonds. The molecular weight excluding hydrogens is 214 g/mol. The summed E-state index contributed by atoms with van der Waals surface area (Å²) in [4.78, 5) is 22.4. The van der Waals surface area contributed by atoms with E-state index in [0.717, 1.165) is 31.0 Å². The summed E-state index contributed by atoms with van der Waals surface area (Å²) in [5, 5.41) is 0. The third-order valence-corrected chi connectivity index (χ3v) is 3.21. The summed E-state index contributed by atoms with van der Waals surface area (Å²) < 4.78 is 0. The van der Waals surface area contributed by atoms with E-state index in [2.05, 4.69) is 9.97 Å². The van der Waals surface area contributed by atoms with Gasteiger partial charge in [-0.3, -0.25) is 4.79 Å². The van der Waals surface area contributed by atoms with E-state index in [0.29, 0.717) is 5.92 Å². The maximum atomic E-state index is 11.9. The fourth-order valence-corrected chi connectivity index (χ4v) is 2.27. The van der Waals surface area contributed by atoms with Gasteiger partial charge in [-0.1, -0.05) is 13.8 Å². The molecule has 0 bridgehead atoms. The number of hydrogen-bond acceptors (Lipinski definition) is 3. The van der Waals surface area contributed by atoms with Crippen LogP contribution in [-0.4, -0.2) is 33.9 Å². The fraction of sp³-hybridized carbons (Fsp3) is 0.615. The molecule has 1 fully saturated rings. The van der Waals surface area contributed by atoms with E-state index in [4.69, 9.17) is 0 Å². The SMILES string of the molecule is Cc1nccc(C2CCN(C(=O)C(C)C)C2)n1. The van der Waals surface area contributed by atoms with Gasteiger partial charge in [0.05, 0.1) is 0 Å². The number of carbonyl (C=O) groups excluding carboxylic acids is 1. The van der Waals surface area contributed by atoms with Gasteiger partial charge in [0.2, 0.25) is 5.91 Å². The van der Waals surface area contributed by atoms with Gasteiger partial charge in [-0.05, 0) is 19.4 Å². The van der Waals surface area contributed by atoms with E-state index in [9.17, 15) is 4.79 Å². The minimum absolute atomic E-state index is 0.0842. The van der Waals surface area contributed by atoms with Gasteiger partial charge in [-0.15, -0.1) is 0 Å². The Hall–Kier alpha value is -1.45. The Kier molecular flexibility index (Phi) is 3.41. The van der Waals surface area contributed by atoms with Gasteiger partial charge in [0.1, 0.15) is 5.82 Å². The van der Waals surface area contributed by atoms with Gasteiger partial charge < -0.3 is 4.90 Å². The molecule has 0 radical (unpaired) electrons. The van der Waals surface area contributed by atoms with Crippen molar-refractivity contribution >= 4 is 5.91 Å². The Morgan fingerprint density at radius 3 is 2.94 bits per heavy atom. The summed E-state index contributed by atoms with van der Waals surface area (Å²) in [7, 11) is 0. The zero-order valence-corrected chi connectivity index (χ0v) is 10.7. The lowest BCUT2D eigenvalue weighted by Gasteiger charge is -2.18. The van der Waals surface area contributed by atoms with Crippen LogP contribution in [-0.2, 0) is 4.79 Å². The maximum absolute atomic E-state index is 11.9. The molecule has 1 unspecified atom stereocenters. The molecular formula is C13H19N3O. The third-order valence-electron chi connectivity index (χ3n) is 3.21. The number of carbonyl (C=O) groups is 1. The van der Waals surface area contributed by atoms with Crippen molar-refractivity contribution in [3.05, 3.63) is 23.8 Å². The Bertz CT molecular complexity index is 417. The van der Waals surface area contributed by atoms with Crippen molar-refractivity contribution in [1.82, 2.24) is 14.9 Å². The Labute approximate surface area is 102 Å². The van der Waals surface area contributed by atoms with Gasteiger partial charge >= 0.3 is 0 Å². The second-order valence-corrected chi connectivity index (χ2v) is 4.95. The van der Waals surface area contributed by atoms with E-state index < -0.39 is 0 Å². The molecule has 1 aromatic rings. The lowest BCUT2D eigenvalue weighted by molar-refractivity contribution is -0.133. The normalized spacial score (nSPS) is 20.0. The Morgan fingerprint density at radius 1 is 1.53 bits per heavy atom. The summed E-state index contributed by atoms with van der Waals surface area (Å²) in [6, 6.07) is 1.96. The van der Waals surface area contributed by atoms with Crippen LogP contribution < -0.4 is 0 Å². The van der Waals surface area contributed by atoms with Crippen molar-refractivity contribution in [2.45, 2.75) is 33.1 Å². The van der Waals surface area contributed by atoms with Crippen LogP contribution in [0.15, 0.2) is 12.3 Å². The molecule has 0 saturated carbocycles. The maximum Gasteiger partial charge on any atom is 0.225 e. The molecule has 0 spiro atoms. The van der Waals surface area contributed by atoms with Crippen molar-refractivity contribution in [2.75, 3.05) is 13.1 Å². The third kappa shape index (κ3) is 2.62. The van der Waals surface area contributed by atoms with Crippen molar-refractivity contribution < 1.29 is 4.79 Å². The van der Waals surface area contributed by atoms with Crippen molar-refractivity contribution in [3.8, 4) is 0 Å². The van der Waals surface area contributed by atoms with Crippen molar-refractivity contribution in [1.29, 1.82) is 0 Å². The lowest BCUT2D eigenvalue weighted by atomic mass is 10.0. The molecule has 0 N–H and O–H groups in total. The number of hydrogen-bond donors (Lipinski definition) is 0. The highest BCUT2D eigenvalue weighted by atomic mass is 16.2. The molecule has 4 nitrogen and oxygen atoms in total. The fourth-order valence-electron chi connectivity index (χ4n) is 2.27. The Morgan fingerprint density at radius 2 is 2.29 bits per heavy atom. The smallest absolute Gasteiger partial charge is 0.225 e. The molecule has 1 saturated heterocycles. The standard InChI is InChI=1S/C13H19N3O/c1-9(2)13(17)16-7-5-11(8-16)12-4-6-14-10(3)15-12/h4,6,9,11H,5,7-8H2,1-3H3. The highest BCUT2D eigenvalue weighted by Gasteiger charge is 2.29. The molecule has 1 aliphatic heterocycles. The first kappa shape index (κ1) is 12.0. The molecule has 0 aromatic carbocycles. The van der Waals surface area contributed by atoms with Crippen LogP contribution in [0.25, 0.3) is 0 Å². The average molecular weight is 233 g/mol. The second kappa shape index (κ2) is 4.82. The van der Waals surface area contributed by atoms with Crippen LogP contribution in [0.5, 0.6) is 0 Å². The summed E-state index contributed by atoms with van der Waals surface area (Å²) in [6.45, 7) is 7.45. The number of nitrogens with zero attached hydrogens (tertiary/aromatic N) is 3. The zero-order chi connectivity index (χ0) is 12.4. The van der Waals surface area contributed by atoms with E-state index in [1.54, 1.807) is 6.20 Å². The molecule has 2 rings (SSSR count). The van der Waals surface area contributed by atoms with Crippen LogP contribution in [0.4, 0.5) is 0 Å². The molecule has 4 heteroatoms. The van der Waals surface area contributed by atoms with Gasteiger partial charge in [-0.25, -0.2) is 9.97 Å². The van der Waals surface area contributed by atoms with Crippen LogP contribution in [0.3, 0.4) is 0 Å². The topological polar surface area (TPSA) is 46.1 Å². The largest absolute Gasteiger partial charge is 0.342 e. The van der Waals surface area contributed by atoms with Crippen molar-refractivity contribution in [3.63, 3.8) is 0 Å². The number of rotatable bonds is 2. The van der Waals surface area contributed by atoms with E-state index >= 15 is 0 Å². The van der Waals surface area contributed by atoms with E-state index in [1.807, 2.05) is 31.7 Å². The number of aryl methyl sites for hydroxylation is 1. The zero-order valence-electron chi connectivity index (χ0n) is 10.7. The van der Waals surface area contributed by atoms with Gasteiger partial charge in [-0.2, -0.15) is 0 Å². The van der Waals surface area contributed by atoms with E-state index in [1.165, 1.54) is 0 Å². The van der Waals surface area contributed by atoms with Gasteiger partial charge in [0, 0.05) is 36.8 Å². The first-order valence-corrected chi connectivity index (χ1v) is 6.16. The van der Waals surface area contributed by atoms with Crippen LogP contribution in [0.1, 0.15) is 37.7 Å². The predicted molar refractivity (Wildman–Crippen MR) is 65.5 cm³/mol. The number of likely N-dealkylation sites (tertiary alicyclic amines) is 1. The van der Waals surface area contributed by atoms with E-state index in [-0.39, 0.29) is 11.8 Å². The minimum Gasteiger partial charge on any atom is -0.342 e.